The summed E-state index contributed by atoms with van der Waals surface area (Å²) in [6.45, 7) is 18.2. The van der Waals surface area contributed by atoms with Gasteiger partial charge in [0.05, 0.1) is 0 Å². The van der Waals surface area contributed by atoms with Gasteiger partial charge in [-0.1, -0.05) is 74.0 Å². The molecule has 2 aromatic rings. The second-order valence-electron chi connectivity index (χ2n) is 15.4. The Morgan fingerprint density at radius 3 is 1.94 bits per heavy atom. The summed E-state index contributed by atoms with van der Waals surface area (Å²) >= 11 is 0. The lowest BCUT2D eigenvalue weighted by Gasteiger charge is -2.39. The third-order valence-electron chi connectivity index (χ3n) is 7.73. The second kappa shape index (κ2) is 18.5. The van der Waals surface area contributed by atoms with Crippen LogP contribution >= 0.6 is 0 Å². The van der Waals surface area contributed by atoms with Crippen molar-refractivity contribution in [2.45, 2.75) is 137 Å². The molecule has 2 rings (SSSR count). The number of alkyl carbamates (subject to hydrolysis) is 1. The monoisotopic (exact) mass is 694 g/mol. The van der Waals surface area contributed by atoms with Crippen molar-refractivity contribution in [2.75, 3.05) is 0 Å². The minimum atomic E-state index is -1.25. The van der Waals surface area contributed by atoms with Gasteiger partial charge in [-0.25, -0.2) is 9.59 Å². The highest BCUT2D eigenvalue weighted by atomic mass is 16.6. The van der Waals surface area contributed by atoms with Gasteiger partial charge in [0.15, 0.2) is 0 Å². The van der Waals surface area contributed by atoms with Crippen molar-refractivity contribution in [2.24, 2.45) is 11.7 Å². The topological polar surface area (TPSA) is 157 Å². The molecule has 4 amide bonds. The van der Waals surface area contributed by atoms with Gasteiger partial charge in [0, 0.05) is 18.9 Å². The zero-order chi connectivity index (χ0) is 37.8. The van der Waals surface area contributed by atoms with Crippen molar-refractivity contribution >= 4 is 29.8 Å². The molecule has 276 valence electrons. The van der Waals surface area contributed by atoms with Crippen LogP contribution in [0.5, 0.6) is 0 Å². The SMILES string of the molecule is Cc1cccc(C(C(=O)NC(Cc2ccccc2)C(=O)OC(C)(C)C)N(C(=O)C(CCC(N)=O)NC(=O)OC(C)(C)C)C(C)CCC(C)C)c1. The van der Waals surface area contributed by atoms with E-state index in [1.54, 1.807) is 53.7 Å². The smallest absolute Gasteiger partial charge is 0.408 e. The van der Waals surface area contributed by atoms with Crippen molar-refractivity contribution < 1.29 is 33.4 Å². The summed E-state index contributed by atoms with van der Waals surface area (Å²) in [5.41, 5.74) is 5.98. The molecule has 2 aromatic carbocycles. The summed E-state index contributed by atoms with van der Waals surface area (Å²) in [6.07, 6.45) is 0.275. The van der Waals surface area contributed by atoms with Gasteiger partial charge in [-0.3, -0.25) is 14.4 Å². The van der Waals surface area contributed by atoms with E-state index in [2.05, 4.69) is 24.5 Å². The van der Waals surface area contributed by atoms with Crippen LogP contribution in [-0.4, -0.2) is 64.0 Å². The molecule has 11 nitrogen and oxygen atoms in total. The van der Waals surface area contributed by atoms with Crippen molar-refractivity contribution in [3.05, 3.63) is 71.3 Å². The van der Waals surface area contributed by atoms with Gasteiger partial charge < -0.3 is 30.7 Å². The quantitative estimate of drug-likeness (QED) is 0.184. The molecular weight excluding hydrogens is 636 g/mol. The third kappa shape index (κ3) is 14.6. The minimum absolute atomic E-state index is 0.114. The van der Waals surface area contributed by atoms with Crippen LogP contribution in [0.3, 0.4) is 0 Å². The van der Waals surface area contributed by atoms with E-state index in [-0.39, 0.29) is 19.3 Å². The van der Waals surface area contributed by atoms with E-state index in [1.165, 1.54) is 4.90 Å². The predicted molar refractivity (Wildman–Crippen MR) is 194 cm³/mol. The van der Waals surface area contributed by atoms with Gasteiger partial charge in [-0.05, 0) is 91.7 Å². The molecule has 0 bridgehead atoms. The molecule has 11 heteroatoms. The molecule has 0 heterocycles. The average Bonchev–Trinajstić information content (AvgIpc) is 2.98. The molecular formula is C39H58N4O7. The highest BCUT2D eigenvalue weighted by Crippen LogP contribution is 2.29. The number of rotatable bonds is 16. The Balaban J connectivity index is 2.72. The summed E-state index contributed by atoms with van der Waals surface area (Å²) in [4.78, 5) is 69.5. The number of hydrogen-bond donors (Lipinski definition) is 3. The molecule has 0 aliphatic carbocycles. The van der Waals surface area contributed by atoms with E-state index < -0.39 is 65.2 Å². The fraction of sp³-hybridized carbons (Fsp3) is 0.564. The molecule has 0 saturated heterocycles. The van der Waals surface area contributed by atoms with Crippen LogP contribution in [0.2, 0.25) is 0 Å². The molecule has 0 aromatic heterocycles. The first-order chi connectivity index (χ1) is 23.2. The molecule has 0 saturated carbocycles. The zero-order valence-electron chi connectivity index (χ0n) is 31.5. The van der Waals surface area contributed by atoms with Gasteiger partial charge >= 0.3 is 12.1 Å². The van der Waals surface area contributed by atoms with E-state index >= 15 is 0 Å². The third-order valence-corrected chi connectivity index (χ3v) is 7.73. The van der Waals surface area contributed by atoms with Crippen LogP contribution in [0.4, 0.5) is 4.79 Å². The summed E-state index contributed by atoms with van der Waals surface area (Å²) < 4.78 is 11.2. The standard InChI is InChI=1S/C39H58N4O7/c1-25(2)19-20-27(4)43(35(46)30(21-22-32(40)44)42-37(48)50-39(8,9)10)33(29-18-14-15-26(3)23-29)34(45)41-31(36(47)49-38(5,6)7)24-28-16-12-11-13-17-28/h11-18,23,25,27,30-31,33H,19-22,24H2,1-10H3,(H2,40,44)(H,41,45)(H,42,48). The van der Waals surface area contributed by atoms with Gasteiger partial charge in [-0.15, -0.1) is 0 Å². The van der Waals surface area contributed by atoms with E-state index in [0.29, 0.717) is 17.9 Å². The Labute approximate surface area is 298 Å². The summed E-state index contributed by atoms with van der Waals surface area (Å²) in [5, 5.41) is 5.57. The van der Waals surface area contributed by atoms with Gasteiger partial charge in [0.2, 0.25) is 17.7 Å². The normalized spacial score (nSPS) is 14.1. The van der Waals surface area contributed by atoms with Crippen LogP contribution in [0.25, 0.3) is 0 Å². The number of amides is 4. The number of benzene rings is 2. The summed E-state index contributed by atoms with van der Waals surface area (Å²) in [6, 6.07) is 12.5. The number of nitrogens with one attached hydrogen (secondary N) is 2. The molecule has 4 atom stereocenters. The van der Waals surface area contributed by atoms with Crippen LogP contribution in [0.1, 0.15) is 111 Å². The number of ether oxygens (including phenoxy) is 2. The largest absolute Gasteiger partial charge is 0.458 e. The first-order valence-corrected chi connectivity index (χ1v) is 17.4. The number of esters is 1. The Morgan fingerprint density at radius 2 is 1.40 bits per heavy atom. The fourth-order valence-electron chi connectivity index (χ4n) is 5.43. The maximum Gasteiger partial charge on any atom is 0.408 e. The molecule has 0 radical (unpaired) electrons. The molecule has 0 aliphatic heterocycles. The van der Waals surface area contributed by atoms with Crippen molar-refractivity contribution in [1.29, 1.82) is 0 Å². The van der Waals surface area contributed by atoms with Crippen LogP contribution in [0.15, 0.2) is 54.6 Å². The first-order valence-electron chi connectivity index (χ1n) is 17.4. The molecule has 0 fully saturated rings. The maximum atomic E-state index is 14.8. The minimum Gasteiger partial charge on any atom is -0.458 e. The van der Waals surface area contributed by atoms with Crippen molar-refractivity contribution in [3.8, 4) is 0 Å². The van der Waals surface area contributed by atoms with E-state index in [0.717, 1.165) is 17.5 Å². The van der Waals surface area contributed by atoms with E-state index in [9.17, 15) is 24.0 Å². The molecule has 0 spiro atoms. The summed E-state index contributed by atoms with van der Waals surface area (Å²) in [5.74, 6) is -2.16. The van der Waals surface area contributed by atoms with Crippen molar-refractivity contribution in [1.82, 2.24) is 15.5 Å². The van der Waals surface area contributed by atoms with Crippen LogP contribution in [-0.2, 0) is 35.1 Å². The van der Waals surface area contributed by atoms with Gasteiger partial charge in [0.1, 0.15) is 29.3 Å². The fourth-order valence-corrected chi connectivity index (χ4v) is 5.43. The lowest BCUT2D eigenvalue weighted by molar-refractivity contribution is -0.159. The van der Waals surface area contributed by atoms with Gasteiger partial charge in [-0.2, -0.15) is 0 Å². The van der Waals surface area contributed by atoms with Gasteiger partial charge in [0.25, 0.3) is 0 Å². The molecule has 0 aliphatic rings. The molecule has 50 heavy (non-hydrogen) atoms. The lowest BCUT2D eigenvalue weighted by atomic mass is 9.95. The Kier molecular flexibility index (Phi) is 15.5. The molecule has 4 unspecified atom stereocenters. The number of carbonyl (C=O) groups excluding carboxylic acids is 5. The highest BCUT2D eigenvalue weighted by molar-refractivity contribution is 5.94. The number of aryl methyl sites for hydroxylation is 1. The molecule has 4 N–H and O–H groups in total. The Hall–Kier alpha value is -4.41. The maximum absolute atomic E-state index is 14.8. The number of primary amides is 1. The van der Waals surface area contributed by atoms with Crippen LogP contribution in [0, 0.1) is 12.8 Å². The second-order valence-corrected chi connectivity index (χ2v) is 15.4. The number of nitrogens with two attached hydrogens (primary N) is 1. The van der Waals surface area contributed by atoms with E-state index in [1.807, 2.05) is 56.3 Å². The Bertz CT molecular complexity index is 1450. The average molecular weight is 695 g/mol. The highest BCUT2D eigenvalue weighted by Gasteiger charge is 2.40. The first kappa shape index (κ1) is 41.8. The van der Waals surface area contributed by atoms with Crippen LogP contribution < -0.4 is 16.4 Å². The number of carbonyl (C=O) groups is 5. The van der Waals surface area contributed by atoms with Crippen molar-refractivity contribution in [3.63, 3.8) is 0 Å². The zero-order valence-corrected chi connectivity index (χ0v) is 31.5. The number of nitrogens with zero attached hydrogens (tertiary/aromatic N) is 1. The Morgan fingerprint density at radius 1 is 0.780 bits per heavy atom. The number of hydrogen-bond acceptors (Lipinski definition) is 7. The van der Waals surface area contributed by atoms with E-state index in [4.69, 9.17) is 15.2 Å². The lowest BCUT2D eigenvalue weighted by Crippen LogP contribution is -2.57. The predicted octanol–water partition coefficient (Wildman–Crippen LogP) is 5.92. The summed E-state index contributed by atoms with van der Waals surface area (Å²) in [7, 11) is 0.